The summed E-state index contributed by atoms with van der Waals surface area (Å²) in [7, 11) is 0. The van der Waals surface area contributed by atoms with Crippen LogP contribution in [0.25, 0.3) is 5.69 Å². The maximum atomic E-state index is 12.4. The van der Waals surface area contributed by atoms with Crippen LogP contribution in [0.1, 0.15) is 42.4 Å². The number of carbonyl (C=O) groups is 2. The van der Waals surface area contributed by atoms with Gasteiger partial charge in [0, 0.05) is 11.5 Å². The molecule has 3 aromatic rings. The molecular formula is C23H25N3O4. The van der Waals surface area contributed by atoms with Crippen molar-refractivity contribution in [2.45, 2.75) is 32.8 Å². The first-order chi connectivity index (χ1) is 14.3. The standard InChI is InChI=1S/C23H25N3O4/c1-23(2,3)19-13-20(26(25-19)18-7-5-4-6-8-18)24-21(28)15-30-22(29)17-11-9-16(14-27)10-12-17/h4-13,27H,14-15H2,1-3H3,(H,24,28). The van der Waals surface area contributed by atoms with Gasteiger partial charge in [-0.3, -0.25) is 4.79 Å². The van der Waals surface area contributed by atoms with E-state index in [0.717, 1.165) is 11.4 Å². The lowest BCUT2D eigenvalue weighted by Crippen LogP contribution is -2.22. The van der Waals surface area contributed by atoms with Gasteiger partial charge in [-0.25, -0.2) is 9.48 Å². The number of benzene rings is 2. The van der Waals surface area contributed by atoms with Crippen molar-refractivity contribution in [1.29, 1.82) is 0 Å². The van der Waals surface area contributed by atoms with E-state index in [1.807, 2.05) is 57.2 Å². The van der Waals surface area contributed by atoms with Gasteiger partial charge in [0.2, 0.25) is 0 Å². The number of esters is 1. The van der Waals surface area contributed by atoms with Crippen molar-refractivity contribution < 1.29 is 19.4 Å². The summed E-state index contributed by atoms with van der Waals surface area (Å²) in [5.41, 5.74) is 2.43. The number of nitrogens with one attached hydrogen (secondary N) is 1. The van der Waals surface area contributed by atoms with E-state index in [9.17, 15) is 9.59 Å². The molecule has 0 saturated heterocycles. The fourth-order valence-electron chi connectivity index (χ4n) is 2.74. The molecule has 0 atom stereocenters. The Bertz CT molecular complexity index is 1020. The minimum Gasteiger partial charge on any atom is -0.452 e. The lowest BCUT2D eigenvalue weighted by Gasteiger charge is -2.14. The van der Waals surface area contributed by atoms with Gasteiger partial charge >= 0.3 is 5.97 Å². The van der Waals surface area contributed by atoms with Crippen molar-refractivity contribution in [1.82, 2.24) is 9.78 Å². The van der Waals surface area contributed by atoms with Crippen molar-refractivity contribution >= 4 is 17.7 Å². The van der Waals surface area contributed by atoms with Crippen molar-refractivity contribution in [2.24, 2.45) is 0 Å². The molecule has 7 nitrogen and oxygen atoms in total. The maximum absolute atomic E-state index is 12.4. The van der Waals surface area contributed by atoms with Crippen LogP contribution in [0.15, 0.2) is 60.7 Å². The number of hydrogen-bond acceptors (Lipinski definition) is 5. The maximum Gasteiger partial charge on any atom is 0.338 e. The summed E-state index contributed by atoms with van der Waals surface area (Å²) in [6.07, 6.45) is 0. The molecule has 0 aliphatic carbocycles. The van der Waals surface area contributed by atoms with Crippen LogP contribution in [0.2, 0.25) is 0 Å². The highest BCUT2D eigenvalue weighted by Gasteiger charge is 2.22. The number of para-hydroxylation sites is 1. The van der Waals surface area contributed by atoms with Gasteiger partial charge in [-0.2, -0.15) is 5.10 Å². The van der Waals surface area contributed by atoms with Crippen LogP contribution in [0.3, 0.4) is 0 Å². The first-order valence-corrected chi connectivity index (χ1v) is 9.60. The van der Waals surface area contributed by atoms with Gasteiger partial charge in [-0.1, -0.05) is 51.1 Å². The number of rotatable bonds is 6. The molecule has 0 saturated carbocycles. The van der Waals surface area contributed by atoms with Crippen molar-refractivity contribution in [3.05, 3.63) is 77.5 Å². The van der Waals surface area contributed by atoms with Crippen LogP contribution in [0.5, 0.6) is 0 Å². The molecule has 156 valence electrons. The lowest BCUT2D eigenvalue weighted by molar-refractivity contribution is -0.119. The molecule has 1 heterocycles. The van der Waals surface area contributed by atoms with Gasteiger partial charge in [0.05, 0.1) is 23.6 Å². The van der Waals surface area contributed by atoms with Crippen LogP contribution >= 0.6 is 0 Å². The molecule has 0 bridgehead atoms. The zero-order valence-electron chi connectivity index (χ0n) is 17.3. The molecular weight excluding hydrogens is 382 g/mol. The Morgan fingerprint density at radius 1 is 1.07 bits per heavy atom. The summed E-state index contributed by atoms with van der Waals surface area (Å²) in [6, 6.07) is 17.6. The summed E-state index contributed by atoms with van der Waals surface area (Å²) in [6.45, 7) is 5.59. The minimum absolute atomic E-state index is 0.108. The molecule has 0 radical (unpaired) electrons. The van der Waals surface area contributed by atoms with E-state index in [-0.39, 0.29) is 12.0 Å². The topological polar surface area (TPSA) is 93.5 Å². The number of aromatic nitrogens is 2. The molecule has 2 aromatic carbocycles. The molecule has 0 unspecified atom stereocenters. The van der Waals surface area contributed by atoms with Crippen LogP contribution in [-0.4, -0.2) is 33.4 Å². The third-order valence-electron chi connectivity index (χ3n) is 4.45. The van der Waals surface area contributed by atoms with E-state index in [0.29, 0.717) is 16.9 Å². The second kappa shape index (κ2) is 8.92. The quantitative estimate of drug-likeness (QED) is 0.611. The number of aliphatic hydroxyl groups is 1. The summed E-state index contributed by atoms with van der Waals surface area (Å²) in [5, 5.41) is 16.5. The number of ether oxygens (including phenoxy) is 1. The zero-order valence-corrected chi connectivity index (χ0v) is 17.3. The summed E-state index contributed by atoms with van der Waals surface area (Å²) in [5.74, 6) is -0.575. The SMILES string of the molecule is CC(C)(C)c1cc(NC(=O)COC(=O)c2ccc(CO)cc2)n(-c2ccccc2)n1. The average molecular weight is 407 g/mol. The Kier molecular flexibility index (Phi) is 6.32. The van der Waals surface area contributed by atoms with Crippen molar-refractivity contribution in [3.63, 3.8) is 0 Å². The van der Waals surface area contributed by atoms with E-state index in [2.05, 4.69) is 10.4 Å². The van der Waals surface area contributed by atoms with E-state index >= 15 is 0 Å². The van der Waals surface area contributed by atoms with Crippen LogP contribution in [0, 0.1) is 0 Å². The highest BCUT2D eigenvalue weighted by molar-refractivity contribution is 5.95. The zero-order chi connectivity index (χ0) is 21.7. The number of anilines is 1. The highest BCUT2D eigenvalue weighted by Crippen LogP contribution is 2.26. The minimum atomic E-state index is -0.610. The van der Waals surface area contributed by atoms with Gasteiger partial charge in [0.1, 0.15) is 5.82 Å². The third kappa shape index (κ3) is 5.12. The average Bonchev–Trinajstić information content (AvgIpc) is 3.17. The Labute approximate surface area is 175 Å². The monoisotopic (exact) mass is 407 g/mol. The smallest absolute Gasteiger partial charge is 0.338 e. The molecule has 7 heteroatoms. The summed E-state index contributed by atoms with van der Waals surface area (Å²) < 4.78 is 6.77. The molecule has 0 spiro atoms. The molecule has 3 rings (SSSR count). The first kappa shape index (κ1) is 21.3. The number of amides is 1. The predicted molar refractivity (Wildman–Crippen MR) is 114 cm³/mol. The van der Waals surface area contributed by atoms with E-state index in [4.69, 9.17) is 9.84 Å². The normalized spacial score (nSPS) is 11.2. The molecule has 1 aromatic heterocycles. The fraction of sp³-hybridized carbons (Fsp3) is 0.261. The fourth-order valence-corrected chi connectivity index (χ4v) is 2.74. The molecule has 0 aliphatic rings. The van der Waals surface area contributed by atoms with Gasteiger partial charge < -0.3 is 15.2 Å². The van der Waals surface area contributed by atoms with Crippen molar-refractivity contribution in [3.8, 4) is 5.69 Å². The van der Waals surface area contributed by atoms with Crippen LogP contribution in [-0.2, 0) is 21.6 Å². The predicted octanol–water partition coefficient (Wildman–Crippen LogP) is 3.46. The number of hydrogen-bond donors (Lipinski definition) is 2. The Hall–Kier alpha value is -3.45. The third-order valence-corrected chi connectivity index (χ3v) is 4.45. The van der Waals surface area contributed by atoms with Gasteiger partial charge in [0.15, 0.2) is 6.61 Å². The van der Waals surface area contributed by atoms with Gasteiger partial charge in [-0.05, 0) is 29.8 Å². The second-order valence-corrected chi connectivity index (χ2v) is 7.89. The summed E-state index contributed by atoms with van der Waals surface area (Å²) >= 11 is 0. The number of nitrogens with zero attached hydrogens (tertiary/aromatic N) is 2. The molecule has 0 aliphatic heterocycles. The second-order valence-electron chi connectivity index (χ2n) is 7.89. The number of carbonyl (C=O) groups excluding carboxylic acids is 2. The van der Waals surface area contributed by atoms with E-state index in [1.54, 1.807) is 28.9 Å². The molecule has 1 amide bonds. The van der Waals surface area contributed by atoms with Crippen molar-refractivity contribution in [2.75, 3.05) is 11.9 Å². The van der Waals surface area contributed by atoms with Crippen LogP contribution < -0.4 is 5.32 Å². The molecule has 30 heavy (non-hydrogen) atoms. The first-order valence-electron chi connectivity index (χ1n) is 9.60. The van der Waals surface area contributed by atoms with Gasteiger partial charge in [0.25, 0.3) is 5.91 Å². The van der Waals surface area contributed by atoms with Crippen LogP contribution in [0.4, 0.5) is 5.82 Å². The largest absolute Gasteiger partial charge is 0.452 e. The van der Waals surface area contributed by atoms with E-state index in [1.165, 1.54) is 0 Å². The van der Waals surface area contributed by atoms with E-state index < -0.39 is 18.5 Å². The number of aliphatic hydroxyl groups excluding tert-OH is 1. The Balaban J connectivity index is 1.71. The van der Waals surface area contributed by atoms with Gasteiger partial charge in [-0.15, -0.1) is 0 Å². The lowest BCUT2D eigenvalue weighted by atomic mass is 9.92. The highest BCUT2D eigenvalue weighted by atomic mass is 16.5. The molecule has 2 N–H and O–H groups in total. The Morgan fingerprint density at radius 2 is 1.73 bits per heavy atom. The Morgan fingerprint density at radius 3 is 2.33 bits per heavy atom. The molecule has 0 fully saturated rings. The summed E-state index contributed by atoms with van der Waals surface area (Å²) in [4.78, 5) is 24.6.